The van der Waals surface area contributed by atoms with Gasteiger partial charge in [0.1, 0.15) is 6.10 Å². The molecule has 160 valence electrons. The fourth-order valence-corrected chi connectivity index (χ4v) is 4.91. The van der Waals surface area contributed by atoms with Gasteiger partial charge in [0.05, 0.1) is 25.4 Å². The van der Waals surface area contributed by atoms with E-state index in [1.165, 1.54) is 0 Å². The molecule has 2 aliphatic heterocycles. The molecule has 2 heterocycles. The molecule has 1 N–H and O–H groups in total. The molecule has 0 radical (unpaired) electrons. The lowest BCUT2D eigenvalue weighted by molar-refractivity contribution is -0.156. The van der Waals surface area contributed by atoms with Gasteiger partial charge in [-0.3, -0.25) is 4.79 Å². The number of amides is 1. The molecule has 0 aliphatic carbocycles. The van der Waals surface area contributed by atoms with Crippen molar-refractivity contribution < 1.29 is 14.3 Å². The molecule has 2 aliphatic rings. The Labute approximate surface area is 187 Å². The van der Waals surface area contributed by atoms with Gasteiger partial charge in [0, 0.05) is 29.7 Å². The van der Waals surface area contributed by atoms with Crippen molar-refractivity contribution in [3.8, 4) is 0 Å². The van der Waals surface area contributed by atoms with E-state index in [1.807, 2.05) is 48.2 Å². The van der Waals surface area contributed by atoms with Crippen LogP contribution in [0.15, 0.2) is 42.5 Å². The van der Waals surface area contributed by atoms with E-state index in [2.05, 4.69) is 5.32 Å². The largest absolute Gasteiger partial charge is 0.374 e. The number of hydrogen-bond acceptors (Lipinski definition) is 4. The minimum Gasteiger partial charge on any atom is -0.374 e. The number of carbonyl (C=O) groups is 1. The normalized spacial score (nSPS) is 23.8. The standard InChI is InChI=1S/C23H26Cl2N2O3/c1-15-22-17(9-18(24)10-20(22)25)7-8-27(15)23(28)21-12-26-11-19(30-21)14-29-13-16-5-3-2-4-6-16/h2-6,9-10,15,19,21,26H,7-8,11-14H2,1H3/t15-,19-,21+/m0/s1. The zero-order valence-electron chi connectivity index (χ0n) is 16.9. The highest BCUT2D eigenvalue weighted by molar-refractivity contribution is 6.35. The summed E-state index contributed by atoms with van der Waals surface area (Å²) < 4.78 is 11.9. The quantitative estimate of drug-likeness (QED) is 0.750. The van der Waals surface area contributed by atoms with E-state index in [0.717, 1.165) is 23.1 Å². The maximum atomic E-state index is 13.2. The molecule has 1 amide bonds. The highest BCUT2D eigenvalue weighted by Gasteiger charge is 2.36. The van der Waals surface area contributed by atoms with Crippen LogP contribution in [-0.4, -0.2) is 49.3 Å². The summed E-state index contributed by atoms with van der Waals surface area (Å²) in [7, 11) is 0. The van der Waals surface area contributed by atoms with E-state index in [-0.39, 0.29) is 18.1 Å². The molecular formula is C23H26Cl2N2O3. The number of rotatable bonds is 5. The molecule has 0 spiro atoms. The van der Waals surface area contributed by atoms with Crippen molar-refractivity contribution in [1.82, 2.24) is 10.2 Å². The number of nitrogens with one attached hydrogen (secondary N) is 1. The van der Waals surface area contributed by atoms with Crippen LogP contribution in [0.3, 0.4) is 0 Å². The number of ether oxygens (including phenoxy) is 2. The second-order valence-corrected chi connectivity index (χ2v) is 8.67. The SMILES string of the molecule is C[C@H]1c2c(Cl)cc(Cl)cc2CCN1C(=O)[C@H]1CNC[C@@H](COCc2ccccc2)O1. The summed E-state index contributed by atoms with van der Waals surface area (Å²) in [5.41, 5.74) is 3.21. The number of morpholine rings is 1. The van der Waals surface area contributed by atoms with Crippen LogP contribution in [0, 0.1) is 0 Å². The van der Waals surface area contributed by atoms with E-state index in [1.54, 1.807) is 6.07 Å². The first-order valence-corrected chi connectivity index (χ1v) is 11.0. The minimum atomic E-state index is -0.529. The molecule has 5 nitrogen and oxygen atoms in total. The lowest BCUT2D eigenvalue weighted by Gasteiger charge is -2.39. The van der Waals surface area contributed by atoms with Crippen LogP contribution < -0.4 is 5.32 Å². The fourth-order valence-electron chi connectivity index (χ4n) is 4.22. The van der Waals surface area contributed by atoms with Gasteiger partial charge in [-0.05, 0) is 42.2 Å². The molecule has 2 aromatic carbocycles. The third-order valence-electron chi connectivity index (χ3n) is 5.72. The molecule has 1 fully saturated rings. The van der Waals surface area contributed by atoms with Gasteiger partial charge in [-0.1, -0.05) is 53.5 Å². The van der Waals surface area contributed by atoms with Gasteiger partial charge in [-0.2, -0.15) is 0 Å². The lowest BCUT2D eigenvalue weighted by atomic mass is 9.93. The third-order valence-corrected chi connectivity index (χ3v) is 6.25. The highest BCUT2D eigenvalue weighted by atomic mass is 35.5. The van der Waals surface area contributed by atoms with Crippen LogP contribution in [-0.2, 0) is 27.3 Å². The van der Waals surface area contributed by atoms with E-state index in [9.17, 15) is 4.79 Å². The Hall–Kier alpha value is -1.63. The van der Waals surface area contributed by atoms with Crippen molar-refractivity contribution in [2.75, 3.05) is 26.2 Å². The van der Waals surface area contributed by atoms with Crippen molar-refractivity contribution in [1.29, 1.82) is 0 Å². The molecular weight excluding hydrogens is 423 g/mol. The van der Waals surface area contributed by atoms with Crippen LogP contribution in [0.5, 0.6) is 0 Å². The predicted octanol–water partition coefficient (Wildman–Crippen LogP) is 4.01. The van der Waals surface area contributed by atoms with Gasteiger partial charge in [0.15, 0.2) is 0 Å². The Morgan fingerprint density at radius 2 is 2.03 bits per heavy atom. The molecule has 7 heteroatoms. The van der Waals surface area contributed by atoms with Crippen molar-refractivity contribution >= 4 is 29.1 Å². The first kappa shape index (κ1) is 21.6. The second kappa shape index (κ2) is 9.67. The summed E-state index contributed by atoms with van der Waals surface area (Å²) in [6.45, 7) is 4.76. The van der Waals surface area contributed by atoms with Gasteiger partial charge < -0.3 is 19.7 Å². The maximum absolute atomic E-state index is 13.2. The van der Waals surface area contributed by atoms with Crippen molar-refractivity contribution in [2.24, 2.45) is 0 Å². The number of benzene rings is 2. The minimum absolute atomic E-state index is 0.0144. The van der Waals surface area contributed by atoms with E-state index >= 15 is 0 Å². The number of halogens is 2. The summed E-state index contributed by atoms with van der Waals surface area (Å²) in [6, 6.07) is 13.6. The molecule has 3 atom stereocenters. The smallest absolute Gasteiger partial charge is 0.253 e. The Bertz CT molecular complexity index is 894. The van der Waals surface area contributed by atoms with Crippen LogP contribution >= 0.6 is 23.2 Å². The van der Waals surface area contributed by atoms with E-state index in [4.69, 9.17) is 32.7 Å². The predicted molar refractivity (Wildman–Crippen MR) is 118 cm³/mol. The highest BCUT2D eigenvalue weighted by Crippen LogP contribution is 2.37. The summed E-state index contributed by atoms with van der Waals surface area (Å²) in [6.07, 6.45) is 0.0421. The summed E-state index contributed by atoms with van der Waals surface area (Å²) >= 11 is 12.6. The molecule has 1 saturated heterocycles. The Kier molecular flexibility index (Phi) is 6.96. The van der Waals surface area contributed by atoms with Crippen molar-refractivity contribution in [3.05, 3.63) is 69.2 Å². The average molecular weight is 449 g/mol. The second-order valence-electron chi connectivity index (χ2n) is 7.82. The summed E-state index contributed by atoms with van der Waals surface area (Å²) in [4.78, 5) is 15.1. The number of hydrogen-bond donors (Lipinski definition) is 1. The Morgan fingerprint density at radius 1 is 1.23 bits per heavy atom. The van der Waals surface area contributed by atoms with Crippen LogP contribution in [0.4, 0.5) is 0 Å². The molecule has 0 aromatic heterocycles. The number of carbonyl (C=O) groups excluding carboxylic acids is 1. The Morgan fingerprint density at radius 3 is 2.83 bits per heavy atom. The number of nitrogens with zero attached hydrogens (tertiary/aromatic N) is 1. The van der Waals surface area contributed by atoms with Gasteiger partial charge >= 0.3 is 0 Å². The summed E-state index contributed by atoms with van der Waals surface area (Å²) in [5.74, 6) is -0.0144. The molecule has 0 bridgehead atoms. The van der Waals surface area contributed by atoms with Gasteiger partial charge in [-0.15, -0.1) is 0 Å². The lowest BCUT2D eigenvalue weighted by Crippen LogP contribution is -2.54. The molecule has 0 unspecified atom stereocenters. The molecule has 2 aromatic rings. The van der Waals surface area contributed by atoms with Gasteiger partial charge in [-0.25, -0.2) is 0 Å². The third kappa shape index (κ3) is 4.82. The van der Waals surface area contributed by atoms with E-state index < -0.39 is 6.10 Å². The van der Waals surface area contributed by atoms with Crippen LogP contribution in [0.25, 0.3) is 0 Å². The molecule has 30 heavy (non-hydrogen) atoms. The average Bonchev–Trinajstić information content (AvgIpc) is 2.74. The Balaban J connectivity index is 1.36. The van der Waals surface area contributed by atoms with Crippen molar-refractivity contribution in [3.63, 3.8) is 0 Å². The number of fused-ring (bicyclic) bond motifs is 1. The monoisotopic (exact) mass is 448 g/mol. The van der Waals surface area contributed by atoms with Gasteiger partial charge in [0.25, 0.3) is 5.91 Å². The summed E-state index contributed by atoms with van der Waals surface area (Å²) in [5, 5.41) is 4.55. The zero-order chi connectivity index (χ0) is 21.1. The van der Waals surface area contributed by atoms with Gasteiger partial charge in [0.2, 0.25) is 0 Å². The first-order chi connectivity index (χ1) is 14.5. The van der Waals surface area contributed by atoms with Crippen LogP contribution in [0.1, 0.15) is 29.7 Å². The molecule has 4 rings (SSSR count). The topological polar surface area (TPSA) is 50.8 Å². The zero-order valence-corrected chi connectivity index (χ0v) is 18.5. The first-order valence-electron chi connectivity index (χ1n) is 10.3. The van der Waals surface area contributed by atoms with Crippen molar-refractivity contribution in [2.45, 2.75) is 38.2 Å². The fraction of sp³-hybridized carbons (Fsp3) is 0.435. The van der Waals surface area contributed by atoms with Crippen LogP contribution in [0.2, 0.25) is 10.0 Å². The van der Waals surface area contributed by atoms with E-state index in [0.29, 0.717) is 42.9 Å². The molecule has 0 saturated carbocycles. The maximum Gasteiger partial charge on any atom is 0.253 e.